The normalized spacial score (nSPS) is 19.2. The van der Waals surface area contributed by atoms with Crippen molar-refractivity contribution in [3.63, 3.8) is 0 Å². The van der Waals surface area contributed by atoms with Gasteiger partial charge in [0.25, 0.3) is 0 Å². The van der Waals surface area contributed by atoms with Crippen molar-refractivity contribution >= 4 is 44.2 Å². The third-order valence-electron chi connectivity index (χ3n) is 5.48. The molecule has 2 aliphatic rings. The number of piperazine rings is 1. The quantitative estimate of drug-likeness (QED) is 0.784. The van der Waals surface area contributed by atoms with Crippen LogP contribution >= 0.6 is 22.9 Å². The number of thiazole rings is 1. The number of amides is 1. The van der Waals surface area contributed by atoms with Gasteiger partial charge in [-0.1, -0.05) is 42.2 Å². The number of anilines is 1. The number of hydrogen-bond acceptors (Lipinski definition) is 5. The van der Waals surface area contributed by atoms with Crippen LogP contribution in [0.4, 0.5) is 5.13 Å². The molecule has 1 aliphatic carbocycles. The van der Waals surface area contributed by atoms with Crippen LogP contribution in [0.3, 0.4) is 0 Å². The average Bonchev–Trinajstić information content (AvgIpc) is 3.15. The third kappa shape index (κ3) is 3.37. The number of nitrogens with zero attached hydrogens (tertiary/aromatic N) is 3. The predicted molar refractivity (Wildman–Crippen MR) is 107 cm³/mol. The van der Waals surface area contributed by atoms with E-state index < -0.39 is 0 Å². The summed E-state index contributed by atoms with van der Waals surface area (Å²) in [6, 6.07) is 3.71. The largest absolute Gasteiger partial charge is 0.494 e. The Bertz CT molecular complexity index is 795. The number of benzene rings is 1. The molecule has 0 unspecified atom stereocenters. The van der Waals surface area contributed by atoms with Gasteiger partial charge in [-0.15, -0.1) is 0 Å². The molecule has 4 rings (SSSR count). The number of fused-ring (bicyclic) bond motifs is 1. The minimum Gasteiger partial charge on any atom is -0.494 e. The molecule has 1 saturated carbocycles. The molecule has 0 atom stereocenters. The number of aromatic nitrogens is 1. The number of methoxy groups -OCH3 is 1. The van der Waals surface area contributed by atoms with E-state index in [4.69, 9.17) is 21.3 Å². The minimum atomic E-state index is 0.251. The fourth-order valence-electron chi connectivity index (χ4n) is 3.97. The maximum absolute atomic E-state index is 12.7. The number of ether oxygens (including phenoxy) is 1. The summed E-state index contributed by atoms with van der Waals surface area (Å²) in [4.78, 5) is 21.8. The van der Waals surface area contributed by atoms with Gasteiger partial charge in [0.1, 0.15) is 11.3 Å². The summed E-state index contributed by atoms with van der Waals surface area (Å²) in [5.74, 6) is 1.36. The summed E-state index contributed by atoms with van der Waals surface area (Å²) < 4.78 is 6.37. The van der Waals surface area contributed by atoms with Crippen LogP contribution in [0.2, 0.25) is 5.02 Å². The van der Waals surface area contributed by atoms with Crippen LogP contribution in [0.15, 0.2) is 12.1 Å². The maximum Gasteiger partial charge on any atom is 0.225 e. The second kappa shape index (κ2) is 7.61. The predicted octanol–water partition coefficient (Wildman–Crippen LogP) is 4.19. The number of hydrogen-bond donors (Lipinski definition) is 0. The zero-order chi connectivity index (χ0) is 18.1. The van der Waals surface area contributed by atoms with Crippen LogP contribution in [0.5, 0.6) is 5.75 Å². The first-order chi connectivity index (χ1) is 12.7. The van der Waals surface area contributed by atoms with Gasteiger partial charge in [0, 0.05) is 32.1 Å². The van der Waals surface area contributed by atoms with E-state index in [2.05, 4.69) is 4.90 Å². The molecule has 1 aromatic heterocycles. The van der Waals surface area contributed by atoms with E-state index in [1.165, 1.54) is 19.3 Å². The van der Waals surface area contributed by atoms with E-state index in [1.807, 2.05) is 17.0 Å². The lowest BCUT2D eigenvalue weighted by Gasteiger charge is -2.37. The first kappa shape index (κ1) is 17.9. The van der Waals surface area contributed by atoms with Gasteiger partial charge in [0.2, 0.25) is 5.91 Å². The molecule has 2 aromatic rings. The Morgan fingerprint density at radius 3 is 2.62 bits per heavy atom. The van der Waals surface area contributed by atoms with Crippen molar-refractivity contribution in [2.75, 3.05) is 38.2 Å². The fourth-order valence-corrected chi connectivity index (χ4v) is 5.27. The zero-order valence-corrected chi connectivity index (χ0v) is 16.6. The van der Waals surface area contributed by atoms with Crippen LogP contribution in [-0.2, 0) is 4.79 Å². The van der Waals surface area contributed by atoms with Crippen molar-refractivity contribution < 1.29 is 9.53 Å². The maximum atomic E-state index is 12.7. The molecule has 1 aliphatic heterocycles. The molecule has 140 valence electrons. The Labute approximate surface area is 162 Å². The standard InChI is InChI=1S/C19H24ClN3O2S/c1-25-15-8-7-14(20)17-16(15)21-19(26-17)23-11-9-22(10-12-23)18(24)13-5-3-2-4-6-13/h7-8,13H,2-6,9-12H2,1H3. The molecule has 0 N–H and O–H groups in total. The molecule has 1 amide bonds. The Morgan fingerprint density at radius 2 is 1.92 bits per heavy atom. The molecule has 1 aromatic carbocycles. The number of carbonyl (C=O) groups is 1. The van der Waals surface area contributed by atoms with Crippen molar-refractivity contribution in [1.29, 1.82) is 0 Å². The fraction of sp³-hybridized carbons (Fsp3) is 0.579. The summed E-state index contributed by atoms with van der Waals surface area (Å²) in [5, 5.41) is 1.66. The summed E-state index contributed by atoms with van der Waals surface area (Å²) in [6.07, 6.45) is 5.81. The zero-order valence-electron chi connectivity index (χ0n) is 15.0. The van der Waals surface area contributed by atoms with Crippen LogP contribution < -0.4 is 9.64 Å². The molecule has 0 spiro atoms. The van der Waals surface area contributed by atoms with Crippen LogP contribution in [0, 0.1) is 5.92 Å². The first-order valence-electron chi connectivity index (χ1n) is 9.34. The second-order valence-corrected chi connectivity index (χ2v) is 8.46. The molecule has 7 heteroatoms. The molecule has 1 saturated heterocycles. The van der Waals surface area contributed by atoms with Gasteiger partial charge in [-0.05, 0) is 25.0 Å². The van der Waals surface area contributed by atoms with E-state index >= 15 is 0 Å². The number of rotatable bonds is 3. The van der Waals surface area contributed by atoms with Crippen molar-refractivity contribution in [1.82, 2.24) is 9.88 Å². The molecule has 0 radical (unpaired) electrons. The lowest BCUT2D eigenvalue weighted by Crippen LogP contribution is -2.50. The van der Waals surface area contributed by atoms with Gasteiger partial charge < -0.3 is 14.5 Å². The highest BCUT2D eigenvalue weighted by Gasteiger charge is 2.29. The Hall–Kier alpha value is -1.53. The lowest BCUT2D eigenvalue weighted by atomic mass is 9.88. The van der Waals surface area contributed by atoms with Gasteiger partial charge in [-0.25, -0.2) is 4.98 Å². The SMILES string of the molecule is COc1ccc(Cl)c2sc(N3CCN(C(=O)C4CCCCC4)CC3)nc12. The highest BCUT2D eigenvalue weighted by molar-refractivity contribution is 7.22. The summed E-state index contributed by atoms with van der Waals surface area (Å²) >= 11 is 7.93. The van der Waals surface area contributed by atoms with Crippen molar-refractivity contribution in [2.45, 2.75) is 32.1 Å². The van der Waals surface area contributed by atoms with E-state index in [-0.39, 0.29) is 5.92 Å². The van der Waals surface area contributed by atoms with Gasteiger partial charge >= 0.3 is 0 Å². The molecule has 5 nitrogen and oxygen atoms in total. The Kier molecular flexibility index (Phi) is 5.23. The highest BCUT2D eigenvalue weighted by atomic mass is 35.5. The van der Waals surface area contributed by atoms with E-state index in [1.54, 1.807) is 18.4 Å². The monoisotopic (exact) mass is 393 g/mol. The third-order valence-corrected chi connectivity index (χ3v) is 7.06. The molecule has 0 bridgehead atoms. The average molecular weight is 394 g/mol. The van der Waals surface area contributed by atoms with E-state index in [9.17, 15) is 4.79 Å². The van der Waals surface area contributed by atoms with E-state index in [0.717, 1.165) is 60.1 Å². The lowest BCUT2D eigenvalue weighted by molar-refractivity contribution is -0.136. The van der Waals surface area contributed by atoms with Crippen LogP contribution in [-0.4, -0.2) is 49.1 Å². The van der Waals surface area contributed by atoms with Gasteiger partial charge in [0.15, 0.2) is 5.13 Å². The van der Waals surface area contributed by atoms with Crippen molar-refractivity contribution in [3.05, 3.63) is 17.2 Å². The van der Waals surface area contributed by atoms with Crippen LogP contribution in [0.25, 0.3) is 10.2 Å². The number of carbonyl (C=O) groups excluding carboxylic acids is 1. The molecule has 2 heterocycles. The van der Waals surface area contributed by atoms with E-state index in [0.29, 0.717) is 10.9 Å². The molecule has 2 fully saturated rings. The minimum absolute atomic E-state index is 0.251. The van der Waals surface area contributed by atoms with Gasteiger partial charge in [-0.3, -0.25) is 4.79 Å². The van der Waals surface area contributed by atoms with Crippen molar-refractivity contribution in [2.24, 2.45) is 5.92 Å². The summed E-state index contributed by atoms with van der Waals surface area (Å²) in [6.45, 7) is 3.18. The summed E-state index contributed by atoms with van der Waals surface area (Å²) in [5.41, 5.74) is 0.820. The molecule has 26 heavy (non-hydrogen) atoms. The highest BCUT2D eigenvalue weighted by Crippen LogP contribution is 2.39. The van der Waals surface area contributed by atoms with Crippen LogP contribution in [0.1, 0.15) is 32.1 Å². The second-order valence-electron chi connectivity index (χ2n) is 7.07. The topological polar surface area (TPSA) is 45.7 Å². The smallest absolute Gasteiger partial charge is 0.225 e. The Balaban J connectivity index is 1.45. The number of halogens is 1. The van der Waals surface area contributed by atoms with Crippen molar-refractivity contribution in [3.8, 4) is 5.75 Å². The Morgan fingerprint density at radius 1 is 1.19 bits per heavy atom. The molecular formula is C19H24ClN3O2S. The summed E-state index contributed by atoms with van der Waals surface area (Å²) in [7, 11) is 1.65. The van der Waals surface area contributed by atoms with Gasteiger partial charge in [-0.2, -0.15) is 0 Å². The van der Waals surface area contributed by atoms with Gasteiger partial charge in [0.05, 0.1) is 16.8 Å². The first-order valence-corrected chi connectivity index (χ1v) is 10.5. The molecular weight excluding hydrogens is 370 g/mol.